The van der Waals surface area contributed by atoms with Crippen molar-refractivity contribution in [2.45, 2.75) is 6.54 Å². The first kappa shape index (κ1) is 11.7. The third-order valence-corrected chi connectivity index (χ3v) is 3.78. The molecule has 0 aromatic carbocycles. The van der Waals surface area contributed by atoms with Crippen LogP contribution in [0.15, 0.2) is 23.7 Å². The van der Waals surface area contributed by atoms with Crippen molar-refractivity contribution >= 4 is 23.1 Å². The number of hydrogen-bond acceptors (Lipinski definition) is 4. The molecule has 2 aromatic rings. The quantitative estimate of drug-likeness (QED) is 0.777. The van der Waals surface area contributed by atoms with E-state index in [2.05, 4.69) is 39.3 Å². The predicted octanol–water partition coefficient (Wildman–Crippen LogP) is 2.59. The number of aromatic nitrogens is 2. The number of nitrogens with one attached hydrogen (secondary N) is 2. The van der Waals surface area contributed by atoms with Crippen LogP contribution in [0.5, 0.6) is 0 Å². The molecule has 0 unspecified atom stereocenters. The zero-order chi connectivity index (χ0) is 11.2. The number of H-pyrrole nitrogens is 1. The van der Waals surface area contributed by atoms with E-state index in [9.17, 15) is 0 Å². The smallest absolute Gasteiger partial charge is 0.0794 e. The van der Waals surface area contributed by atoms with Gasteiger partial charge in [-0.25, -0.2) is 0 Å². The first-order chi connectivity index (χ1) is 7.92. The number of nitrogens with zero attached hydrogens (tertiary/aromatic N) is 1. The largest absolute Gasteiger partial charge is 0.312 e. The fraction of sp³-hybridized carbons (Fsp3) is 0.364. The fourth-order valence-corrected chi connectivity index (χ4v) is 2.58. The van der Waals surface area contributed by atoms with E-state index in [1.807, 2.05) is 18.0 Å². The molecule has 0 fully saturated rings. The molecule has 0 spiro atoms. The summed E-state index contributed by atoms with van der Waals surface area (Å²) in [7, 11) is 0. The minimum absolute atomic E-state index is 0.879. The van der Waals surface area contributed by atoms with Gasteiger partial charge in [0.1, 0.15) is 0 Å². The number of thioether (sulfide) groups is 1. The standard InChI is InChI=1S/C11H15N3S2/c1-15-6-4-12-7-9-8-13-14-11(9)10-3-2-5-16-10/h2-3,5,8,12H,4,6-7H2,1H3,(H,13,14). The van der Waals surface area contributed by atoms with Crippen LogP contribution in [0.1, 0.15) is 5.56 Å². The molecule has 2 aromatic heterocycles. The molecule has 3 nitrogen and oxygen atoms in total. The van der Waals surface area contributed by atoms with Gasteiger partial charge in [0.15, 0.2) is 0 Å². The van der Waals surface area contributed by atoms with Gasteiger partial charge in [-0.3, -0.25) is 5.10 Å². The molecule has 16 heavy (non-hydrogen) atoms. The van der Waals surface area contributed by atoms with Crippen molar-refractivity contribution in [1.82, 2.24) is 15.5 Å². The van der Waals surface area contributed by atoms with Crippen LogP contribution in [-0.2, 0) is 6.54 Å². The SMILES string of the molecule is CSCCNCc1cn[nH]c1-c1cccs1. The molecular formula is C11H15N3S2. The van der Waals surface area contributed by atoms with Gasteiger partial charge in [0.05, 0.1) is 16.8 Å². The van der Waals surface area contributed by atoms with Gasteiger partial charge in [-0.15, -0.1) is 11.3 Å². The van der Waals surface area contributed by atoms with E-state index >= 15 is 0 Å². The number of thiophene rings is 1. The Hall–Kier alpha value is -0.780. The Morgan fingerprint density at radius 1 is 1.56 bits per heavy atom. The van der Waals surface area contributed by atoms with Crippen molar-refractivity contribution < 1.29 is 0 Å². The second kappa shape index (κ2) is 6.08. The highest BCUT2D eigenvalue weighted by Crippen LogP contribution is 2.25. The summed E-state index contributed by atoms with van der Waals surface area (Å²) in [5.74, 6) is 1.15. The first-order valence-electron chi connectivity index (χ1n) is 5.17. The average Bonchev–Trinajstić information content (AvgIpc) is 2.94. The Morgan fingerprint density at radius 2 is 2.50 bits per heavy atom. The summed E-state index contributed by atoms with van der Waals surface area (Å²) in [5, 5.41) is 12.7. The summed E-state index contributed by atoms with van der Waals surface area (Å²) in [6.45, 7) is 1.92. The van der Waals surface area contributed by atoms with Crippen molar-refractivity contribution in [2.24, 2.45) is 0 Å². The molecular weight excluding hydrogens is 238 g/mol. The molecule has 2 heterocycles. The van der Waals surface area contributed by atoms with Crippen LogP contribution in [0.2, 0.25) is 0 Å². The van der Waals surface area contributed by atoms with Crippen LogP contribution in [0.3, 0.4) is 0 Å². The maximum atomic E-state index is 4.11. The topological polar surface area (TPSA) is 40.7 Å². The van der Waals surface area contributed by atoms with E-state index in [1.165, 1.54) is 10.4 Å². The summed E-state index contributed by atoms with van der Waals surface area (Å²) < 4.78 is 0. The van der Waals surface area contributed by atoms with Crippen LogP contribution >= 0.6 is 23.1 Å². The van der Waals surface area contributed by atoms with Crippen LogP contribution in [0.25, 0.3) is 10.6 Å². The Bertz CT molecular complexity index is 409. The van der Waals surface area contributed by atoms with Crippen LogP contribution in [0, 0.1) is 0 Å². The third-order valence-electron chi connectivity index (χ3n) is 2.28. The molecule has 0 saturated heterocycles. The lowest BCUT2D eigenvalue weighted by molar-refractivity contribution is 0.734. The maximum absolute atomic E-state index is 4.11. The molecule has 2 rings (SSSR count). The van der Waals surface area contributed by atoms with Crippen LogP contribution in [-0.4, -0.2) is 28.8 Å². The Labute approximate surface area is 104 Å². The van der Waals surface area contributed by atoms with Crippen molar-refractivity contribution in [1.29, 1.82) is 0 Å². The summed E-state index contributed by atoms with van der Waals surface area (Å²) in [5.41, 5.74) is 2.38. The van der Waals surface area contributed by atoms with E-state index in [1.54, 1.807) is 11.3 Å². The minimum atomic E-state index is 0.879. The Kier molecular flexibility index (Phi) is 4.44. The highest BCUT2D eigenvalue weighted by molar-refractivity contribution is 7.98. The fourth-order valence-electron chi connectivity index (χ4n) is 1.48. The lowest BCUT2D eigenvalue weighted by atomic mass is 10.2. The van der Waals surface area contributed by atoms with Crippen molar-refractivity contribution in [3.8, 4) is 10.6 Å². The summed E-state index contributed by atoms with van der Waals surface area (Å²) >= 11 is 3.59. The van der Waals surface area contributed by atoms with Crippen LogP contribution < -0.4 is 5.32 Å². The predicted molar refractivity (Wildman–Crippen MR) is 72.0 cm³/mol. The maximum Gasteiger partial charge on any atom is 0.0794 e. The molecule has 5 heteroatoms. The normalized spacial score (nSPS) is 10.8. The highest BCUT2D eigenvalue weighted by atomic mass is 32.2. The molecule has 0 radical (unpaired) electrons. The van der Waals surface area contributed by atoms with Gasteiger partial charge >= 0.3 is 0 Å². The Balaban J connectivity index is 1.97. The van der Waals surface area contributed by atoms with E-state index < -0.39 is 0 Å². The van der Waals surface area contributed by atoms with Crippen molar-refractivity contribution in [3.63, 3.8) is 0 Å². The molecule has 0 saturated carbocycles. The van der Waals surface area contributed by atoms with Gasteiger partial charge in [-0.1, -0.05) is 6.07 Å². The second-order valence-corrected chi connectivity index (χ2v) is 5.35. The van der Waals surface area contributed by atoms with E-state index in [-0.39, 0.29) is 0 Å². The molecule has 0 aliphatic heterocycles. The summed E-state index contributed by atoms with van der Waals surface area (Å²) in [6, 6.07) is 4.18. The van der Waals surface area contributed by atoms with Crippen molar-refractivity contribution in [3.05, 3.63) is 29.3 Å². The van der Waals surface area contributed by atoms with Gasteiger partial charge < -0.3 is 5.32 Å². The van der Waals surface area contributed by atoms with E-state index in [0.717, 1.165) is 24.5 Å². The zero-order valence-corrected chi connectivity index (χ0v) is 10.8. The average molecular weight is 253 g/mol. The monoisotopic (exact) mass is 253 g/mol. The minimum Gasteiger partial charge on any atom is -0.312 e. The lowest BCUT2D eigenvalue weighted by Gasteiger charge is -2.03. The van der Waals surface area contributed by atoms with Gasteiger partial charge in [0.25, 0.3) is 0 Å². The van der Waals surface area contributed by atoms with Gasteiger partial charge in [-0.05, 0) is 17.7 Å². The number of rotatable bonds is 6. The van der Waals surface area contributed by atoms with Gasteiger partial charge in [-0.2, -0.15) is 16.9 Å². The third kappa shape index (κ3) is 2.87. The molecule has 0 bridgehead atoms. The van der Waals surface area contributed by atoms with Crippen molar-refractivity contribution in [2.75, 3.05) is 18.6 Å². The molecule has 0 amide bonds. The van der Waals surface area contributed by atoms with Crippen LogP contribution in [0.4, 0.5) is 0 Å². The first-order valence-corrected chi connectivity index (χ1v) is 7.45. The van der Waals surface area contributed by atoms with Gasteiger partial charge in [0.2, 0.25) is 0 Å². The molecule has 0 aliphatic rings. The summed E-state index contributed by atoms with van der Waals surface area (Å²) in [6.07, 6.45) is 4.03. The molecule has 0 aliphatic carbocycles. The lowest BCUT2D eigenvalue weighted by Crippen LogP contribution is -2.16. The molecule has 0 atom stereocenters. The summed E-state index contributed by atoms with van der Waals surface area (Å²) in [4.78, 5) is 1.25. The molecule has 2 N–H and O–H groups in total. The van der Waals surface area contributed by atoms with Gasteiger partial charge in [0, 0.05) is 24.4 Å². The zero-order valence-electron chi connectivity index (χ0n) is 9.19. The van der Waals surface area contributed by atoms with E-state index in [0.29, 0.717) is 0 Å². The highest BCUT2D eigenvalue weighted by Gasteiger charge is 2.07. The number of aromatic amines is 1. The second-order valence-electron chi connectivity index (χ2n) is 3.42. The number of hydrogen-bond donors (Lipinski definition) is 2. The Morgan fingerprint density at radius 3 is 3.25 bits per heavy atom. The van der Waals surface area contributed by atoms with E-state index in [4.69, 9.17) is 0 Å². The molecule has 86 valence electrons.